The quantitative estimate of drug-likeness (QED) is 0.472. The van der Waals surface area contributed by atoms with E-state index in [0.717, 1.165) is 48.1 Å². The molecule has 0 spiro atoms. The van der Waals surface area contributed by atoms with Crippen LogP contribution >= 0.6 is 0 Å². The normalized spacial score (nSPS) is 18.9. The van der Waals surface area contributed by atoms with Gasteiger partial charge in [0.05, 0.1) is 5.69 Å². The van der Waals surface area contributed by atoms with Crippen LogP contribution in [0, 0.1) is 0 Å². The van der Waals surface area contributed by atoms with E-state index in [-0.39, 0.29) is 24.3 Å². The molecular formula is C29H39N5O2. The van der Waals surface area contributed by atoms with E-state index < -0.39 is 0 Å². The second kappa shape index (κ2) is 12.5. The van der Waals surface area contributed by atoms with Crippen LogP contribution in [0.1, 0.15) is 68.8 Å². The highest BCUT2D eigenvalue weighted by Gasteiger charge is 2.24. The maximum Gasteiger partial charge on any atom is 0.255 e. The molecule has 2 aliphatic rings. The smallest absolute Gasteiger partial charge is 0.255 e. The van der Waals surface area contributed by atoms with E-state index in [9.17, 15) is 9.59 Å². The molecule has 0 aromatic heterocycles. The lowest BCUT2D eigenvalue weighted by Gasteiger charge is -2.22. The fourth-order valence-electron chi connectivity index (χ4n) is 4.66. The SMILES string of the molecule is C=C1CCC(NC)/C1=C/C(=C\C)NC(=O)c1ccc2c(c1)N=C(N)CC(C(=O)N(CCC)CCC)=C2. The molecule has 3 rings (SSSR count). The van der Waals surface area contributed by atoms with Gasteiger partial charge in [-0.2, -0.15) is 0 Å². The number of carbonyl (C=O) groups excluding carboxylic acids is 2. The number of rotatable bonds is 9. The van der Waals surface area contributed by atoms with Gasteiger partial charge in [0.15, 0.2) is 0 Å². The maximum absolute atomic E-state index is 13.2. The highest BCUT2D eigenvalue weighted by Crippen LogP contribution is 2.31. The fourth-order valence-corrected chi connectivity index (χ4v) is 4.66. The third-order valence-electron chi connectivity index (χ3n) is 6.55. The van der Waals surface area contributed by atoms with E-state index in [1.165, 1.54) is 0 Å². The number of carbonyl (C=O) groups is 2. The van der Waals surface area contributed by atoms with Crippen LogP contribution in [-0.2, 0) is 4.79 Å². The first-order valence-electron chi connectivity index (χ1n) is 12.8. The van der Waals surface area contributed by atoms with Gasteiger partial charge in [-0.15, -0.1) is 0 Å². The van der Waals surface area contributed by atoms with Gasteiger partial charge in [0.25, 0.3) is 5.91 Å². The Bertz CT molecular complexity index is 1140. The van der Waals surface area contributed by atoms with E-state index in [1.807, 2.05) is 43.2 Å². The number of allylic oxidation sites excluding steroid dienone is 2. The van der Waals surface area contributed by atoms with Crippen LogP contribution < -0.4 is 16.4 Å². The minimum absolute atomic E-state index is 0.00865. The van der Waals surface area contributed by atoms with Crippen LogP contribution in [0.5, 0.6) is 0 Å². The number of benzene rings is 1. The van der Waals surface area contributed by atoms with Crippen molar-refractivity contribution in [2.75, 3.05) is 20.1 Å². The monoisotopic (exact) mass is 489 g/mol. The number of nitrogens with zero attached hydrogens (tertiary/aromatic N) is 2. The lowest BCUT2D eigenvalue weighted by molar-refractivity contribution is -0.127. The lowest BCUT2D eigenvalue weighted by atomic mass is 10.0. The number of amides is 2. The zero-order chi connectivity index (χ0) is 26.2. The first kappa shape index (κ1) is 27.1. The molecule has 1 saturated carbocycles. The van der Waals surface area contributed by atoms with Crippen molar-refractivity contribution in [3.8, 4) is 0 Å². The Morgan fingerprint density at radius 1 is 1.25 bits per heavy atom. The number of likely N-dealkylation sites (N-methyl/N-ethyl adjacent to an activating group) is 1. The summed E-state index contributed by atoms with van der Waals surface area (Å²) in [5, 5.41) is 6.31. The van der Waals surface area contributed by atoms with Crippen LogP contribution in [-0.4, -0.2) is 48.7 Å². The molecule has 1 aromatic carbocycles. The largest absolute Gasteiger partial charge is 0.387 e. The molecule has 192 valence electrons. The molecule has 7 heteroatoms. The first-order valence-corrected chi connectivity index (χ1v) is 12.8. The second-order valence-corrected chi connectivity index (χ2v) is 9.30. The van der Waals surface area contributed by atoms with Crippen LogP contribution in [0.2, 0.25) is 0 Å². The van der Waals surface area contributed by atoms with Crippen LogP contribution in [0.4, 0.5) is 5.69 Å². The molecule has 2 amide bonds. The Balaban J connectivity index is 1.84. The average Bonchev–Trinajstić information content (AvgIpc) is 3.12. The Morgan fingerprint density at radius 2 is 1.97 bits per heavy atom. The molecule has 36 heavy (non-hydrogen) atoms. The summed E-state index contributed by atoms with van der Waals surface area (Å²) in [5.74, 6) is 0.115. The number of hydrogen-bond acceptors (Lipinski definition) is 5. The topological polar surface area (TPSA) is 99.8 Å². The van der Waals surface area contributed by atoms with Gasteiger partial charge < -0.3 is 21.3 Å². The van der Waals surface area contributed by atoms with E-state index >= 15 is 0 Å². The second-order valence-electron chi connectivity index (χ2n) is 9.30. The minimum atomic E-state index is -0.234. The van der Waals surface area contributed by atoms with Crippen molar-refractivity contribution in [1.82, 2.24) is 15.5 Å². The summed E-state index contributed by atoms with van der Waals surface area (Å²) in [7, 11) is 1.94. The van der Waals surface area contributed by atoms with E-state index in [4.69, 9.17) is 5.73 Å². The van der Waals surface area contributed by atoms with E-state index in [0.29, 0.717) is 35.7 Å². The van der Waals surface area contributed by atoms with Gasteiger partial charge in [0.2, 0.25) is 5.91 Å². The zero-order valence-corrected chi connectivity index (χ0v) is 22.0. The lowest BCUT2D eigenvalue weighted by Crippen LogP contribution is -2.34. The Morgan fingerprint density at radius 3 is 2.61 bits per heavy atom. The van der Waals surface area contributed by atoms with Crippen molar-refractivity contribution in [3.63, 3.8) is 0 Å². The summed E-state index contributed by atoms with van der Waals surface area (Å²) in [6.07, 6.45) is 9.74. The van der Waals surface area contributed by atoms with Gasteiger partial charge in [-0.3, -0.25) is 9.59 Å². The molecule has 0 saturated heterocycles. The van der Waals surface area contributed by atoms with Crippen molar-refractivity contribution in [2.24, 2.45) is 10.7 Å². The Labute approximate surface area is 214 Å². The van der Waals surface area contributed by atoms with Crippen LogP contribution in [0.25, 0.3) is 6.08 Å². The number of amidine groups is 1. The summed E-state index contributed by atoms with van der Waals surface area (Å²) in [4.78, 5) is 32.7. The molecule has 1 fully saturated rings. The Hall–Kier alpha value is -3.45. The van der Waals surface area contributed by atoms with Crippen molar-refractivity contribution in [2.45, 2.75) is 58.9 Å². The molecule has 0 radical (unpaired) electrons. The molecule has 1 unspecified atom stereocenters. The van der Waals surface area contributed by atoms with Gasteiger partial charge in [-0.25, -0.2) is 4.99 Å². The zero-order valence-electron chi connectivity index (χ0n) is 22.0. The standard InChI is InChI=1S/C29H39N5O2/c1-6-13-34(14-7-2)29(36)22-15-20-10-11-21(16-26(20)33-27(30)17-22)28(35)32-23(8-3)18-24-19(4)9-12-25(24)31-5/h8,10-11,15-16,18,25,31H,4,6-7,9,12-14,17H2,1-3,5H3,(H2,30,33)(H,32,35)/b23-8+,24-18+. The number of nitrogens with two attached hydrogens (primary N) is 1. The molecule has 1 aromatic rings. The maximum atomic E-state index is 13.2. The third kappa shape index (κ3) is 6.40. The van der Waals surface area contributed by atoms with Gasteiger partial charge >= 0.3 is 0 Å². The van der Waals surface area contributed by atoms with E-state index in [1.54, 1.807) is 12.1 Å². The molecule has 1 aliphatic heterocycles. The van der Waals surface area contributed by atoms with Crippen LogP contribution in [0.3, 0.4) is 0 Å². The van der Waals surface area contributed by atoms with Crippen molar-refractivity contribution in [3.05, 3.63) is 70.5 Å². The molecule has 7 nitrogen and oxygen atoms in total. The molecule has 4 N–H and O–H groups in total. The minimum Gasteiger partial charge on any atom is -0.387 e. The molecule has 1 atom stereocenters. The van der Waals surface area contributed by atoms with Gasteiger partial charge in [-0.05, 0) is 69.5 Å². The van der Waals surface area contributed by atoms with Gasteiger partial charge in [0, 0.05) is 47.9 Å². The first-order chi connectivity index (χ1) is 17.3. The van der Waals surface area contributed by atoms with Crippen molar-refractivity contribution in [1.29, 1.82) is 0 Å². The number of hydrogen-bond donors (Lipinski definition) is 3. The third-order valence-corrected chi connectivity index (χ3v) is 6.55. The van der Waals surface area contributed by atoms with Crippen LogP contribution in [0.15, 0.2) is 64.3 Å². The predicted octanol–water partition coefficient (Wildman–Crippen LogP) is 4.61. The summed E-state index contributed by atoms with van der Waals surface area (Å²) >= 11 is 0. The van der Waals surface area contributed by atoms with Crippen molar-refractivity contribution < 1.29 is 9.59 Å². The number of fused-ring (bicyclic) bond motifs is 1. The Kier molecular flexibility index (Phi) is 9.42. The predicted molar refractivity (Wildman–Crippen MR) is 148 cm³/mol. The van der Waals surface area contributed by atoms with Crippen molar-refractivity contribution >= 4 is 29.4 Å². The fraction of sp³-hybridized carbons (Fsp3) is 0.414. The molecular weight excluding hydrogens is 450 g/mol. The van der Waals surface area contributed by atoms with Gasteiger partial charge in [-0.1, -0.05) is 38.1 Å². The average molecular weight is 490 g/mol. The summed E-state index contributed by atoms with van der Waals surface area (Å²) < 4.78 is 0. The summed E-state index contributed by atoms with van der Waals surface area (Å²) in [6, 6.07) is 5.55. The summed E-state index contributed by atoms with van der Waals surface area (Å²) in [5.41, 5.74) is 11.6. The van der Waals surface area contributed by atoms with Gasteiger partial charge in [0.1, 0.15) is 5.84 Å². The highest BCUT2D eigenvalue weighted by atomic mass is 16.2. The molecule has 0 bridgehead atoms. The summed E-state index contributed by atoms with van der Waals surface area (Å²) in [6.45, 7) is 11.6. The number of aliphatic imine (C=N–C) groups is 1. The van der Waals surface area contributed by atoms with E-state index in [2.05, 4.69) is 36.1 Å². The highest BCUT2D eigenvalue weighted by molar-refractivity contribution is 6.06. The molecule has 1 heterocycles. The number of nitrogens with one attached hydrogen (secondary N) is 2. The molecule has 1 aliphatic carbocycles.